The van der Waals surface area contributed by atoms with Crippen LogP contribution >= 0.6 is 0 Å². The molecule has 0 radical (unpaired) electrons. The molecule has 5 rings (SSSR count). The Morgan fingerprint density at radius 1 is 1.22 bits per heavy atom. The van der Waals surface area contributed by atoms with E-state index in [0.717, 1.165) is 12.4 Å². The minimum Gasteiger partial charge on any atom is -0.328 e. The van der Waals surface area contributed by atoms with E-state index < -0.39 is 47.2 Å². The van der Waals surface area contributed by atoms with Crippen LogP contribution < -0.4 is 5.32 Å². The number of nitrogens with zero attached hydrogens (tertiary/aromatic N) is 3. The number of hydrogen-bond donors (Lipinski definition) is 1. The molecule has 0 saturated heterocycles. The summed E-state index contributed by atoms with van der Waals surface area (Å²) in [4.78, 5) is 33.9. The lowest BCUT2D eigenvalue weighted by Crippen LogP contribution is -2.47. The third-order valence-corrected chi connectivity index (χ3v) is 6.43. The summed E-state index contributed by atoms with van der Waals surface area (Å²) < 4.78 is 66.7. The molecule has 1 spiro atoms. The highest BCUT2D eigenvalue weighted by molar-refractivity contribution is 6.01. The Morgan fingerprint density at radius 3 is 2.50 bits per heavy atom. The molecule has 1 aromatic heterocycles. The van der Waals surface area contributed by atoms with Crippen LogP contribution in [0.5, 0.6) is 0 Å². The Hall–Kier alpha value is -3.11. The van der Waals surface area contributed by atoms with Gasteiger partial charge in [0, 0.05) is 23.9 Å². The van der Waals surface area contributed by atoms with Crippen molar-refractivity contribution in [2.45, 2.75) is 36.5 Å². The fourth-order valence-electron chi connectivity index (χ4n) is 4.47. The van der Waals surface area contributed by atoms with Gasteiger partial charge in [-0.2, -0.15) is 13.2 Å². The summed E-state index contributed by atoms with van der Waals surface area (Å²) >= 11 is 0. The Balaban J connectivity index is 1.36. The number of alkyl halides is 4. The van der Waals surface area contributed by atoms with Crippen LogP contribution in [0.4, 0.5) is 27.9 Å². The Bertz CT molecular complexity index is 1120. The minimum absolute atomic E-state index is 0.0581. The maximum Gasteiger partial charge on any atom is 0.395 e. The van der Waals surface area contributed by atoms with Gasteiger partial charge in [-0.1, -0.05) is 12.1 Å². The van der Waals surface area contributed by atoms with Crippen molar-refractivity contribution in [2.75, 3.05) is 18.4 Å². The first-order valence-electron chi connectivity index (χ1n) is 9.99. The number of nitrogens with one attached hydrogen (secondary N) is 1. The average molecular weight is 452 g/mol. The van der Waals surface area contributed by atoms with Gasteiger partial charge in [0.25, 0.3) is 5.91 Å². The highest BCUT2D eigenvalue weighted by atomic mass is 19.4. The normalized spacial score (nSPS) is 25.5. The first-order valence-corrected chi connectivity index (χ1v) is 9.99. The van der Waals surface area contributed by atoms with Gasteiger partial charge in [0.1, 0.15) is 12.2 Å². The van der Waals surface area contributed by atoms with Crippen molar-refractivity contribution in [3.8, 4) is 0 Å². The molecule has 1 aromatic carbocycles. The number of aromatic nitrogens is 2. The lowest BCUT2D eigenvalue weighted by atomic mass is 9.84. The first kappa shape index (κ1) is 20.8. The summed E-state index contributed by atoms with van der Waals surface area (Å²) in [6, 6.07) is 3.98. The molecule has 168 valence electrons. The van der Waals surface area contributed by atoms with Crippen LogP contribution in [-0.2, 0) is 15.9 Å². The lowest BCUT2D eigenvalue weighted by molar-refractivity contribution is -0.158. The van der Waals surface area contributed by atoms with Crippen molar-refractivity contribution in [3.63, 3.8) is 0 Å². The largest absolute Gasteiger partial charge is 0.395 e. The molecule has 2 amide bonds. The summed E-state index contributed by atoms with van der Waals surface area (Å²) in [6.07, 6.45) is -2.09. The monoisotopic (exact) mass is 452 g/mol. The van der Waals surface area contributed by atoms with E-state index in [4.69, 9.17) is 0 Å². The van der Waals surface area contributed by atoms with Crippen molar-refractivity contribution in [3.05, 3.63) is 53.1 Å². The smallest absolute Gasteiger partial charge is 0.328 e. The summed E-state index contributed by atoms with van der Waals surface area (Å²) in [7, 11) is 0. The molecule has 2 fully saturated rings. The van der Waals surface area contributed by atoms with E-state index in [-0.39, 0.29) is 30.2 Å². The topological polar surface area (TPSA) is 75.2 Å². The summed E-state index contributed by atoms with van der Waals surface area (Å²) in [5.41, 5.74) is -2.21. The summed E-state index contributed by atoms with van der Waals surface area (Å²) in [6.45, 7) is -0.103. The van der Waals surface area contributed by atoms with Crippen LogP contribution in [0.3, 0.4) is 0 Å². The van der Waals surface area contributed by atoms with E-state index in [1.165, 1.54) is 23.1 Å². The molecule has 2 atom stereocenters. The average Bonchev–Trinajstić information content (AvgIpc) is 3.64. The number of hydrogen-bond acceptors (Lipinski definition) is 4. The van der Waals surface area contributed by atoms with Gasteiger partial charge in [0.15, 0.2) is 5.82 Å². The van der Waals surface area contributed by atoms with Crippen LogP contribution in [-0.4, -0.2) is 45.9 Å². The molecular formula is C21H17F5N4O2. The quantitative estimate of drug-likeness (QED) is 0.721. The van der Waals surface area contributed by atoms with Gasteiger partial charge in [0.05, 0.1) is 18.3 Å². The van der Waals surface area contributed by atoms with Gasteiger partial charge >= 0.3 is 6.18 Å². The molecule has 0 unspecified atom stereocenters. The number of carbonyl (C=O) groups is 2. The molecule has 2 aliphatic carbocycles. The molecular weight excluding hydrogens is 435 g/mol. The van der Waals surface area contributed by atoms with E-state index in [2.05, 4.69) is 15.3 Å². The molecule has 11 heteroatoms. The fourth-order valence-corrected chi connectivity index (χ4v) is 4.47. The zero-order valence-electron chi connectivity index (χ0n) is 16.5. The summed E-state index contributed by atoms with van der Waals surface area (Å²) in [5.74, 6) is -3.84. The van der Waals surface area contributed by atoms with Crippen molar-refractivity contribution in [2.24, 2.45) is 5.92 Å². The zero-order valence-corrected chi connectivity index (χ0v) is 16.5. The number of anilines is 1. The van der Waals surface area contributed by atoms with Gasteiger partial charge in [0.2, 0.25) is 11.9 Å². The third-order valence-electron chi connectivity index (χ3n) is 6.43. The Morgan fingerprint density at radius 2 is 1.91 bits per heavy atom. The predicted octanol–water partition coefficient (Wildman–Crippen LogP) is 3.49. The molecule has 1 aliphatic heterocycles. The Labute approximate surface area is 178 Å². The number of fused-ring (bicyclic) bond motifs is 2. The van der Waals surface area contributed by atoms with Crippen LogP contribution in [0.25, 0.3) is 0 Å². The minimum atomic E-state index is -4.61. The highest BCUT2D eigenvalue weighted by Gasteiger charge is 2.69. The third kappa shape index (κ3) is 3.39. The van der Waals surface area contributed by atoms with Crippen molar-refractivity contribution in [1.29, 1.82) is 0 Å². The highest BCUT2D eigenvalue weighted by Crippen LogP contribution is 2.63. The van der Waals surface area contributed by atoms with Gasteiger partial charge in [-0.05, 0) is 30.0 Å². The maximum atomic E-state index is 14.9. The fraction of sp³-hybridized carbons (Fsp3) is 0.429. The lowest BCUT2D eigenvalue weighted by Gasteiger charge is -2.34. The van der Waals surface area contributed by atoms with Crippen molar-refractivity contribution in [1.82, 2.24) is 14.9 Å². The van der Waals surface area contributed by atoms with Gasteiger partial charge < -0.3 is 4.90 Å². The SMILES string of the molecule is O=C(CN1CC2(CC2)c2cc([C@]3(F)C[C@H]3C(F)(F)F)ccc2C1=O)Nc1ncc(F)cn1. The molecule has 6 nitrogen and oxygen atoms in total. The van der Waals surface area contributed by atoms with Crippen LogP contribution in [0.15, 0.2) is 30.6 Å². The molecule has 3 aliphatic rings. The first-order chi connectivity index (χ1) is 15.0. The van der Waals surface area contributed by atoms with E-state index in [1.807, 2.05) is 0 Å². The number of carbonyl (C=O) groups excluding carboxylic acids is 2. The van der Waals surface area contributed by atoms with Gasteiger partial charge in [-0.25, -0.2) is 18.7 Å². The maximum absolute atomic E-state index is 14.9. The molecule has 2 aromatic rings. The van der Waals surface area contributed by atoms with E-state index in [1.54, 1.807) is 0 Å². The second-order valence-electron chi connectivity index (χ2n) is 8.64. The second kappa shape index (κ2) is 6.69. The number of amides is 2. The zero-order chi connectivity index (χ0) is 22.9. The van der Waals surface area contributed by atoms with Gasteiger partial charge in [-0.3, -0.25) is 14.9 Å². The van der Waals surface area contributed by atoms with Crippen molar-refractivity contribution < 1.29 is 31.5 Å². The van der Waals surface area contributed by atoms with Gasteiger partial charge in [-0.15, -0.1) is 0 Å². The molecule has 32 heavy (non-hydrogen) atoms. The molecule has 0 bridgehead atoms. The molecule has 1 N–H and O–H groups in total. The molecule has 2 saturated carbocycles. The van der Waals surface area contributed by atoms with Crippen LogP contribution in [0.2, 0.25) is 0 Å². The standard InChI is InChI=1S/C21H17F5N4O2/c22-12-7-27-18(28-8-12)29-16(31)9-30-10-19(3-4-19)14-5-11(1-2-13(14)17(30)32)20(23)6-15(20)21(24,25)26/h1-2,5,7-8,15H,3-4,6,9-10H2,(H,27,28,29,31)/t15-,20-/m1/s1. The second-order valence-corrected chi connectivity index (χ2v) is 8.64. The Kier molecular flexibility index (Phi) is 4.35. The predicted molar refractivity (Wildman–Crippen MR) is 101 cm³/mol. The van der Waals surface area contributed by atoms with Crippen LogP contribution in [0.1, 0.15) is 40.7 Å². The van der Waals surface area contributed by atoms with E-state index in [9.17, 15) is 31.5 Å². The molecule has 2 heterocycles. The van der Waals surface area contributed by atoms with E-state index >= 15 is 0 Å². The number of halogens is 5. The summed E-state index contributed by atoms with van der Waals surface area (Å²) in [5, 5.41) is 2.39. The van der Waals surface area contributed by atoms with Crippen LogP contribution in [0, 0.1) is 11.7 Å². The van der Waals surface area contributed by atoms with E-state index in [0.29, 0.717) is 18.4 Å². The number of rotatable bonds is 4. The number of benzene rings is 1. The van der Waals surface area contributed by atoms with Crippen molar-refractivity contribution >= 4 is 17.8 Å².